The summed E-state index contributed by atoms with van der Waals surface area (Å²) in [6.45, 7) is 3.86. The van der Waals surface area contributed by atoms with E-state index in [0.717, 1.165) is 6.42 Å². The van der Waals surface area contributed by atoms with E-state index in [1.54, 1.807) is 0 Å². The maximum Gasteiger partial charge on any atom is 0 e. The van der Waals surface area contributed by atoms with Crippen LogP contribution in [0.15, 0.2) is 42.5 Å². The normalized spacial score (nSPS) is 9.62. The summed E-state index contributed by atoms with van der Waals surface area (Å²) in [6, 6.07) is 14.9. The molecular formula is C12H11Co-. The van der Waals surface area contributed by atoms with Crippen LogP contribution in [0.1, 0.15) is 5.56 Å². The van der Waals surface area contributed by atoms with Crippen molar-refractivity contribution < 1.29 is 16.8 Å². The van der Waals surface area contributed by atoms with Gasteiger partial charge in [0.05, 0.1) is 0 Å². The van der Waals surface area contributed by atoms with Gasteiger partial charge < -0.3 is 6.92 Å². The first-order chi connectivity index (χ1) is 5.90. The van der Waals surface area contributed by atoms with Crippen LogP contribution in [-0.4, -0.2) is 0 Å². The van der Waals surface area contributed by atoms with Gasteiger partial charge in [0.1, 0.15) is 0 Å². The summed E-state index contributed by atoms with van der Waals surface area (Å²) in [5.41, 5.74) is 1.30. The second-order valence-corrected chi connectivity index (χ2v) is 2.93. The largest absolute Gasteiger partial charge is 0.339 e. The van der Waals surface area contributed by atoms with Crippen molar-refractivity contribution in [1.29, 1.82) is 0 Å². The molecular weight excluding hydrogens is 203 g/mol. The predicted octanol–water partition coefficient (Wildman–Crippen LogP) is 3.21. The second kappa shape index (κ2) is 4.44. The van der Waals surface area contributed by atoms with Crippen LogP contribution in [0.5, 0.6) is 0 Å². The fraction of sp³-hybridized carbons (Fsp3) is 0.0833. The fourth-order valence-electron chi connectivity index (χ4n) is 1.39. The summed E-state index contributed by atoms with van der Waals surface area (Å²) in [5.74, 6) is 0. The molecule has 1 heteroatoms. The van der Waals surface area contributed by atoms with E-state index >= 15 is 0 Å². The Balaban J connectivity index is 0.000000845. The zero-order chi connectivity index (χ0) is 8.39. The number of hydrogen-bond donors (Lipinski definition) is 0. The average molecular weight is 214 g/mol. The summed E-state index contributed by atoms with van der Waals surface area (Å²) < 4.78 is 0. The minimum absolute atomic E-state index is 0. The van der Waals surface area contributed by atoms with Crippen LogP contribution in [0.25, 0.3) is 10.8 Å². The SMILES string of the molecule is [CH2-]Cc1ccc2ccccc2c1.[Co]. The van der Waals surface area contributed by atoms with Gasteiger partial charge in [-0.2, -0.15) is 6.42 Å². The third kappa shape index (κ3) is 2.11. The van der Waals surface area contributed by atoms with Gasteiger partial charge >= 0.3 is 0 Å². The molecule has 0 aliphatic rings. The molecule has 0 aromatic heterocycles. The third-order valence-corrected chi connectivity index (χ3v) is 2.10. The van der Waals surface area contributed by atoms with E-state index < -0.39 is 0 Å². The van der Waals surface area contributed by atoms with Gasteiger partial charge in [-0.15, -0.1) is 0 Å². The van der Waals surface area contributed by atoms with Gasteiger partial charge in [0.25, 0.3) is 0 Å². The summed E-state index contributed by atoms with van der Waals surface area (Å²) in [7, 11) is 0. The Bertz CT molecular complexity index is 393. The van der Waals surface area contributed by atoms with Crippen molar-refractivity contribution in [3.63, 3.8) is 0 Å². The Labute approximate surface area is 89.2 Å². The molecule has 0 saturated carbocycles. The number of fused-ring (bicyclic) bond motifs is 1. The zero-order valence-electron chi connectivity index (χ0n) is 7.29. The molecule has 13 heavy (non-hydrogen) atoms. The molecule has 1 radical (unpaired) electrons. The molecule has 2 aromatic carbocycles. The molecule has 0 spiro atoms. The molecule has 0 unspecified atom stereocenters. The fourth-order valence-corrected chi connectivity index (χ4v) is 1.39. The molecule has 0 amide bonds. The molecule has 0 fully saturated rings. The molecule has 0 heterocycles. The van der Waals surface area contributed by atoms with E-state index in [1.165, 1.54) is 16.3 Å². The first kappa shape index (κ1) is 10.3. The van der Waals surface area contributed by atoms with Gasteiger partial charge in [-0.05, 0) is 10.8 Å². The molecule has 69 valence electrons. The summed E-state index contributed by atoms with van der Waals surface area (Å²) in [4.78, 5) is 0. The molecule has 0 N–H and O–H groups in total. The first-order valence-corrected chi connectivity index (χ1v) is 4.17. The maximum absolute atomic E-state index is 3.86. The zero-order valence-corrected chi connectivity index (χ0v) is 8.33. The smallest absolute Gasteiger partial charge is 0 e. The van der Waals surface area contributed by atoms with Crippen LogP contribution in [0.2, 0.25) is 0 Å². The monoisotopic (exact) mass is 214 g/mol. The minimum atomic E-state index is 0. The summed E-state index contributed by atoms with van der Waals surface area (Å²) in [6.07, 6.45) is 0.866. The van der Waals surface area contributed by atoms with Crippen molar-refractivity contribution >= 4 is 10.8 Å². The first-order valence-electron chi connectivity index (χ1n) is 4.17. The Morgan fingerprint density at radius 1 is 0.923 bits per heavy atom. The molecule has 2 rings (SSSR count). The van der Waals surface area contributed by atoms with E-state index in [2.05, 4.69) is 49.4 Å². The van der Waals surface area contributed by atoms with Crippen molar-refractivity contribution in [1.82, 2.24) is 0 Å². The van der Waals surface area contributed by atoms with Crippen molar-refractivity contribution in [2.75, 3.05) is 0 Å². The van der Waals surface area contributed by atoms with Crippen molar-refractivity contribution in [2.24, 2.45) is 0 Å². The molecule has 0 aliphatic heterocycles. The van der Waals surface area contributed by atoms with Gasteiger partial charge in [-0.3, -0.25) is 0 Å². The molecule has 0 atom stereocenters. The topological polar surface area (TPSA) is 0 Å². The van der Waals surface area contributed by atoms with Gasteiger partial charge in [0.2, 0.25) is 0 Å². The Morgan fingerprint density at radius 3 is 2.31 bits per heavy atom. The van der Waals surface area contributed by atoms with E-state index in [4.69, 9.17) is 0 Å². The average Bonchev–Trinajstić information content (AvgIpc) is 2.17. The quantitative estimate of drug-likeness (QED) is 0.639. The van der Waals surface area contributed by atoms with Crippen molar-refractivity contribution in [3.05, 3.63) is 55.0 Å². The number of rotatable bonds is 1. The molecule has 2 aromatic rings. The van der Waals surface area contributed by atoms with Gasteiger partial charge in [-0.25, -0.2) is 0 Å². The Kier molecular flexibility index (Phi) is 3.52. The van der Waals surface area contributed by atoms with Crippen LogP contribution in [-0.2, 0) is 23.2 Å². The molecule has 0 saturated heterocycles. The van der Waals surface area contributed by atoms with Gasteiger partial charge in [0, 0.05) is 16.8 Å². The molecule has 0 bridgehead atoms. The van der Waals surface area contributed by atoms with E-state index in [-0.39, 0.29) is 16.8 Å². The van der Waals surface area contributed by atoms with Gasteiger partial charge in [-0.1, -0.05) is 48.0 Å². The van der Waals surface area contributed by atoms with Crippen LogP contribution in [0.4, 0.5) is 0 Å². The summed E-state index contributed by atoms with van der Waals surface area (Å²) >= 11 is 0. The third-order valence-electron chi connectivity index (χ3n) is 2.10. The van der Waals surface area contributed by atoms with Crippen LogP contribution >= 0.6 is 0 Å². The van der Waals surface area contributed by atoms with Crippen LogP contribution in [0.3, 0.4) is 0 Å². The minimum Gasteiger partial charge on any atom is -0.339 e. The number of hydrogen-bond acceptors (Lipinski definition) is 0. The molecule has 0 aliphatic carbocycles. The standard InChI is InChI=1S/C12H11.Co/c1-2-10-7-8-11-5-3-4-6-12(11)9-10;/h3-9H,1-2H2;/q-1;. The van der Waals surface area contributed by atoms with Gasteiger partial charge in [0.15, 0.2) is 0 Å². The number of benzene rings is 2. The molecule has 0 nitrogen and oxygen atoms in total. The summed E-state index contributed by atoms with van der Waals surface area (Å²) in [5, 5.41) is 2.60. The Hall–Kier alpha value is -0.794. The van der Waals surface area contributed by atoms with Crippen LogP contribution in [0, 0.1) is 6.92 Å². The van der Waals surface area contributed by atoms with Crippen molar-refractivity contribution in [2.45, 2.75) is 6.42 Å². The van der Waals surface area contributed by atoms with Crippen molar-refractivity contribution in [3.8, 4) is 0 Å². The van der Waals surface area contributed by atoms with E-state index in [0.29, 0.717) is 0 Å². The second-order valence-electron chi connectivity index (χ2n) is 2.93. The van der Waals surface area contributed by atoms with E-state index in [1.807, 2.05) is 0 Å². The van der Waals surface area contributed by atoms with Crippen LogP contribution < -0.4 is 0 Å². The predicted molar refractivity (Wildman–Crippen MR) is 53.0 cm³/mol. The Morgan fingerprint density at radius 2 is 1.62 bits per heavy atom. The maximum atomic E-state index is 3.86. The van der Waals surface area contributed by atoms with E-state index in [9.17, 15) is 0 Å².